The summed E-state index contributed by atoms with van der Waals surface area (Å²) in [5.74, 6) is -1.14. The fourth-order valence-electron chi connectivity index (χ4n) is 2.53. The molecule has 2 unspecified atom stereocenters. The number of rotatable bonds is 7. The lowest BCUT2D eigenvalue weighted by Gasteiger charge is -2.21. The number of nitrogens with one attached hydrogen (secondary N) is 1. The number of nitrogens with two attached hydrogens (primary N) is 1. The van der Waals surface area contributed by atoms with E-state index in [1.165, 1.54) is 36.4 Å². The maximum absolute atomic E-state index is 12.8. The molecule has 0 saturated heterocycles. The van der Waals surface area contributed by atoms with Crippen molar-refractivity contribution >= 4 is 11.8 Å². The summed E-state index contributed by atoms with van der Waals surface area (Å²) >= 11 is 0. The van der Waals surface area contributed by atoms with E-state index in [1.54, 1.807) is 6.92 Å². The van der Waals surface area contributed by atoms with Crippen molar-refractivity contribution in [3.63, 3.8) is 0 Å². The number of carbonyl (C=O) groups is 2. The van der Waals surface area contributed by atoms with Crippen molar-refractivity contribution < 1.29 is 27.5 Å². The zero-order valence-corrected chi connectivity index (χ0v) is 15.4. The Morgan fingerprint density at radius 3 is 2.29 bits per heavy atom. The highest BCUT2D eigenvalue weighted by Crippen LogP contribution is 2.32. The van der Waals surface area contributed by atoms with Crippen LogP contribution in [0.3, 0.4) is 0 Å². The lowest BCUT2D eigenvalue weighted by molar-refractivity contribution is -0.137. The molecular weight excluding hydrogens is 373 g/mol. The highest BCUT2D eigenvalue weighted by molar-refractivity contribution is 5.97. The van der Waals surface area contributed by atoms with Crippen LogP contribution in [-0.2, 0) is 11.0 Å². The van der Waals surface area contributed by atoms with Gasteiger partial charge in [0.05, 0.1) is 5.56 Å². The summed E-state index contributed by atoms with van der Waals surface area (Å²) in [4.78, 5) is 24.0. The van der Waals surface area contributed by atoms with Crippen LogP contribution in [0.5, 0.6) is 11.5 Å². The van der Waals surface area contributed by atoms with Crippen molar-refractivity contribution in [1.82, 2.24) is 5.32 Å². The average molecular weight is 394 g/mol. The van der Waals surface area contributed by atoms with Crippen LogP contribution >= 0.6 is 0 Å². The summed E-state index contributed by atoms with van der Waals surface area (Å²) in [6.45, 7) is 3.67. The summed E-state index contributed by atoms with van der Waals surface area (Å²) in [5.41, 5.74) is 4.71. The third-order valence-electron chi connectivity index (χ3n) is 4.30. The van der Waals surface area contributed by atoms with E-state index in [-0.39, 0.29) is 23.0 Å². The van der Waals surface area contributed by atoms with Crippen LogP contribution < -0.4 is 15.8 Å². The molecule has 2 aromatic rings. The molecule has 3 N–H and O–H groups in total. The molecule has 2 atom stereocenters. The van der Waals surface area contributed by atoms with Gasteiger partial charge in [0.2, 0.25) is 5.91 Å². The number of carbonyl (C=O) groups excluding carboxylic acids is 2. The van der Waals surface area contributed by atoms with Crippen molar-refractivity contribution in [3.8, 4) is 11.5 Å². The third kappa shape index (κ3) is 5.48. The van der Waals surface area contributed by atoms with Crippen LogP contribution in [-0.4, -0.2) is 17.9 Å². The van der Waals surface area contributed by atoms with Crippen LogP contribution in [0.4, 0.5) is 13.2 Å². The number of primary amides is 1. The van der Waals surface area contributed by atoms with Crippen LogP contribution in [0.25, 0.3) is 0 Å². The topological polar surface area (TPSA) is 81.4 Å². The highest BCUT2D eigenvalue weighted by Gasteiger charge is 2.30. The van der Waals surface area contributed by atoms with Gasteiger partial charge in [-0.3, -0.25) is 9.59 Å². The van der Waals surface area contributed by atoms with Crippen molar-refractivity contribution in [3.05, 3.63) is 59.7 Å². The van der Waals surface area contributed by atoms with E-state index in [0.29, 0.717) is 6.42 Å². The molecule has 2 rings (SSSR count). The molecule has 0 aromatic heterocycles. The number of hydrogen-bond donors (Lipinski definition) is 2. The fourth-order valence-corrected chi connectivity index (χ4v) is 2.53. The van der Waals surface area contributed by atoms with Gasteiger partial charge in [-0.25, -0.2) is 0 Å². The Hall–Kier alpha value is -3.03. The van der Waals surface area contributed by atoms with E-state index in [2.05, 4.69) is 5.32 Å². The highest BCUT2D eigenvalue weighted by atomic mass is 19.4. The molecule has 0 bridgehead atoms. The van der Waals surface area contributed by atoms with E-state index < -0.39 is 29.6 Å². The van der Waals surface area contributed by atoms with Gasteiger partial charge < -0.3 is 15.8 Å². The molecule has 0 heterocycles. The quantitative estimate of drug-likeness (QED) is 0.741. The van der Waals surface area contributed by atoms with Crippen molar-refractivity contribution in [2.24, 2.45) is 11.7 Å². The summed E-state index contributed by atoms with van der Waals surface area (Å²) in [6, 6.07) is 9.52. The SMILES string of the molecule is CCC(C)C(NC(=O)c1cccc(Oc2cccc(C(F)(F)F)c2)c1)C(N)=O. The summed E-state index contributed by atoms with van der Waals surface area (Å²) in [5, 5.41) is 2.59. The molecule has 0 aliphatic rings. The largest absolute Gasteiger partial charge is 0.457 e. The standard InChI is InChI=1S/C20H21F3N2O3/c1-3-12(2)17(18(24)26)25-19(27)13-6-4-8-15(10-13)28-16-9-5-7-14(11-16)20(21,22)23/h4-12,17H,3H2,1-2H3,(H2,24,26)(H,25,27). The second-order valence-electron chi connectivity index (χ2n) is 6.39. The van der Waals surface area contributed by atoms with E-state index >= 15 is 0 Å². The van der Waals surface area contributed by atoms with E-state index in [9.17, 15) is 22.8 Å². The molecule has 5 nitrogen and oxygen atoms in total. The Bertz CT molecular complexity index is 853. The molecule has 2 aromatic carbocycles. The molecule has 150 valence electrons. The molecule has 0 aliphatic carbocycles. The van der Waals surface area contributed by atoms with Gasteiger partial charge in [-0.2, -0.15) is 13.2 Å². The first-order chi connectivity index (χ1) is 13.1. The van der Waals surface area contributed by atoms with Gasteiger partial charge in [0.25, 0.3) is 5.91 Å². The lowest BCUT2D eigenvalue weighted by atomic mass is 9.98. The molecule has 0 radical (unpaired) electrons. The fraction of sp³-hybridized carbons (Fsp3) is 0.300. The Balaban J connectivity index is 2.18. The molecule has 2 amide bonds. The van der Waals surface area contributed by atoms with Crippen LogP contribution in [0, 0.1) is 5.92 Å². The van der Waals surface area contributed by atoms with Crippen molar-refractivity contribution in [1.29, 1.82) is 0 Å². The van der Waals surface area contributed by atoms with Gasteiger partial charge >= 0.3 is 6.18 Å². The Labute approximate surface area is 160 Å². The van der Waals surface area contributed by atoms with Crippen LogP contribution in [0.1, 0.15) is 36.2 Å². The van der Waals surface area contributed by atoms with E-state index in [1.807, 2.05) is 6.92 Å². The van der Waals surface area contributed by atoms with Crippen LogP contribution in [0.2, 0.25) is 0 Å². The first-order valence-electron chi connectivity index (χ1n) is 8.67. The van der Waals surface area contributed by atoms with E-state index in [0.717, 1.165) is 12.1 Å². The van der Waals surface area contributed by atoms with Crippen LogP contribution in [0.15, 0.2) is 48.5 Å². The smallest absolute Gasteiger partial charge is 0.416 e. The zero-order chi connectivity index (χ0) is 20.9. The second kappa shape index (κ2) is 8.77. The molecular formula is C20H21F3N2O3. The monoisotopic (exact) mass is 394 g/mol. The molecule has 0 spiro atoms. The van der Waals surface area contributed by atoms with Crippen molar-refractivity contribution in [2.75, 3.05) is 0 Å². The number of benzene rings is 2. The van der Waals surface area contributed by atoms with Gasteiger partial charge in [-0.05, 0) is 42.3 Å². The Morgan fingerprint density at radius 1 is 1.11 bits per heavy atom. The molecule has 0 saturated carbocycles. The first kappa shape index (κ1) is 21.3. The number of ether oxygens (including phenoxy) is 1. The van der Waals surface area contributed by atoms with Gasteiger partial charge in [-0.15, -0.1) is 0 Å². The zero-order valence-electron chi connectivity index (χ0n) is 15.4. The minimum atomic E-state index is -4.49. The van der Waals surface area contributed by atoms with Gasteiger partial charge in [0.15, 0.2) is 0 Å². The number of halogens is 3. The van der Waals surface area contributed by atoms with Gasteiger partial charge in [0, 0.05) is 5.56 Å². The minimum Gasteiger partial charge on any atom is -0.457 e. The minimum absolute atomic E-state index is 0.0120. The molecule has 0 aliphatic heterocycles. The summed E-state index contributed by atoms with van der Waals surface area (Å²) in [7, 11) is 0. The molecule has 28 heavy (non-hydrogen) atoms. The second-order valence-corrected chi connectivity index (χ2v) is 6.39. The summed E-state index contributed by atoms with van der Waals surface area (Å²) < 4.78 is 43.9. The Kier molecular flexibility index (Phi) is 6.66. The normalized spacial score (nSPS) is 13.5. The first-order valence-corrected chi connectivity index (χ1v) is 8.67. The number of amides is 2. The number of hydrogen-bond acceptors (Lipinski definition) is 3. The maximum Gasteiger partial charge on any atom is 0.416 e. The van der Waals surface area contributed by atoms with Crippen molar-refractivity contribution in [2.45, 2.75) is 32.5 Å². The molecule has 0 fully saturated rings. The lowest BCUT2D eigenvalue weighted by Crippen LogP contribution is -2.48. The average Bonchev–Trinajstić information content (AvgIpc) is 2.64. The molecule has 8 heteroatoms. The van der Waals surface area contributed by atoms with E-state index in [4.69, 9.17) is 10.5 Å². The van der Waals surface area contributed by atoms with Gasteiger partial charge in [0.1, 0.15) is 17.5 Å². The third-order valence-corrected chi connectivity index (χ3v) is 4.30. The number of alkyl halides is 3. The Morgan fingerprint density at radius 2 is 1.71 bits per heavy atom. The summed E-state index contributed by atoms with van der Waals surface area (Å²) in [6.07, 6.45) is -3.84. The predicted octanol–water partition coefficient (Wildman–Crippen LogP) is 4.13. The maximum atomic E-state index is 12.8. The van der Waals surface area contributed by atoms with Gasteiger partial charge in [-0.1, -0.05) is 32.4 Å². The predicted molar refractivity (Wildman–Crippen MR) is 97.9 cm³/mol.